The third-order valence-corrected chi connectivity index (χ3v) is 7.81. The number of amides is 1. The third-order valence-electron chi connectivity index (χ3n) is 4.66. The van der Waals surface area contributed by atoms with Crippen LogP contribution in [0.15, 0.2) is 39.7 Å². The number of benzene rings is 1. The number of nitrogens with one attached hydrogen (secondary N) is 1. The highest BCUT2D eigenvalue weighted by Gasteiger charge is 2.36. The van der Waals surface area contributed by atoms with Gasteiger partial charge in [-0.15, -0.1) is 11.3 Å². The summed E-state index contributed by atoms with van der Waals surface area (Å²) in [5, 5.41) is 8.79. The minimum absolute atomic E-state index is 0.0557. The quantitative estimate of drug-likeness (QED) is 0.529. The van der Waals surface area contributed by atoms with E-state index in [4.69, 9.17) is 9.57 Å². The molecule has 1 aromatic heterocycles. The van der Waals surface area contributed by atoms with E-state index in [2.05, 4.69) is 15.5 Å². The maximum Gasteiger partial charge on any atom is 0.280 e. The molecule has 1 aliphatic heterocycles. The van der Waals surface area contributed by atoms with E-state index in [1.54, 1.807) is 12.1 Å². The number of hydrogen-bond donors (Lipinski definition) is 1. The zero-order valence-corrected chi connectivity index (χ0v) is 17.5. The number of aryl methyl sites for hydroxylation is 1. The first-order valence-corrected chi connectivity index (χ1v) is 11.8. The van der Waals surface area contributed by atoms with Crippen molar-refractivity contribution in [3.8, 4) is 0 Å². The van der Waals surface area contributed by atoms with E-state index in [0.29, 0.717) is 43.2 Å². The lowest BCUT2D eigenvalue weighted by molar-refractivity contribution is -0.110. The Kier molecular flexibility index (Phi) is 5.66. The summed E-state index contributed by atoms with van der Waals surface area (Å²) in [5.74, 6) is -0.476. The van der Waals surface area contributed by atoms with Crippen molar-refractivity contribution in [3.05, 3.63) is 40.9 Å². The van der Waals surface area contributed by atoms with Crippen molar-refractivity contribution in [1.82, 2.24) is 4.98 Å². The van der Waals surface area contributed by atoms with E-state index in [9.17, 15) is 13.2 Å². The Balaban J connectivity index is 1.58. The second-order valence-corrected chi connectivity index (χ2v) is 10.1. The highest BCUT2D eigenvalue weighted by atomic mass is 32.2. The average molecular weight is 436 g/mol. The first kappa shape index (κ1) is 20.0. The highest BCUT2D eigenvalue weighted by molar-refractivity contribution is 7.92. The van der Waals surface area contributed by atoms with Crippen LogP contribution in [-0.4, -0.2) is 49.6 Å². The van der Waals surface area contributed by atoms with Gasteiger partial charge < -0.3 is 9.57 Å². The summed E-state index contributed by atoms with van der Waals surface area (Å²) >= 11 is 1.31. The Morgan fingerprint density at radius 3 is 2.62 bits per heavy atom. The van der Waals surface area contributed by atoms with Gasteiger partial charge in [0.2, 0.25) is 0 Å². The molecule has 0 radical (unpaired) electrons. The minimum atomic E-state index is -3.30. The minimum Gasteiger partial charge on any atom is -0.389 e. The number of ether oxygens (including phenoxy) is 1. The van der Waals surface area contributed by atoms with Gasteiger partial charge >= 0.3 is 0 Å². The topological polar surface area (TPSA) is 107 Å². The first-order chi connectivity index (χ1) is 13.9. The van der Waals surface area contributed by atoms with Gasteiger partial charge in [-0.1, -0.05) is 17.3 Å². The summed E-state index contributed by atoms with van der Waals surface area (Å²) < 4.78 is 30.1. The molecule has 10 heteroatoms. The van der Waals surface area contributed by atoms with Crippen molar-refractivity contribution in [2.24, 2.45) is 5.16 Å². The Hall–Kier alpha value is -2.30. The van der Waals surface area contributed by atoms with Crippen molar-refractivity contribution in [1.29, 1.82) is 0 Å². The molecule has 1 saturated carbocycles. The molecule has 0 unspecified atom stereocenters. The van der Waals surface area contributed by atoms with E-state index < -0.39 is 15.7 Å². The van der Waals surface area contributed by atoms with Gasteiger partial charge in [-0.2, -0.15) is 0 Å². The molecule has 0 spiro atoms. The number of thiazole rings is 1. The van der Waals surface area contributed by atoms with Crippen LogP contribution in [0.25, 0.3) is 0 Å². The fraction of sp³-hybridized carbons (Fsp3) is 0.421. The fourth-order valence-corrected chi connectivity index (χ4v) is 5.23. The predicted molar refractivity (Wildman–Crippen MR) is 109 cm³/mol. The SMILES string of the molecule is Cc1csc(NC(=O)C(=NO[C@@H]2CCOC2)c2ccc(S(=O)(=O)C3CC3)cc2)n1. The molecule has 0 bridgehead atoms. The lowest BCUT2D eigenvalue weighted by Gasteiger charge is -2.10. The van der Waals surface area contributed by atoms with Gasteiger partial charge in [0.1, 0.15) is 0 Å². The van der Waals surface area contributed by atoms with E-state index in [1.807, 2.05) is 12.3 Å². The molecule has 1 amide bonds. The van der Waals surface area contributed by atoms with Crippen LogP contribution in [0.3, 0.4) is 0 Å². The maximum absolute atomic E-state index is 12.8. The van der Waals surface area contributed by atoms with Crippen LogP contribution < -0.4 is 5.32 Å². The zero-order valence-electron chi connectivity index (χ0n) is 15.8. The number of anilines is 1. The number of carbonyl (C=O) groups excluding carboxylic acids is 1. The number of hydrogen-bond acceptors (Lipinski definition) is 8. The number of aromatic nitrogens is 1. The molecule has 4 rings (SSSR count). The molecule has 1 atom stereocenters. The van der Waals surface area contributed by atoms with Crippen LogP contribution >= 0.6 is 11.3 Å². The van der Waals surface area contributed by atoms with E-state index in [0.717, 1.165) is 5.69 Å². The lowest BCUT2D eigenvalue weighted by atomic mass is 10.1. The monoisotopic (exact) mass is 435 g/mol. The van der Waals surface area contributed by atoms with Crippen LogP contribution in [0.5, 0.6) is 0 Å². The molecule has 1 aliphatic carbocycles. The fourth-order valence-electron chi connectivity index (χ4n) is 2.89. The molecule has 1 saturated heterocycles. The summed E-state index contributed by atoms with van der Waals surface area (Å²) in [6.45, 7) is 2.85. The molecule has 2 aliphatic rings. The summed E-state index contributed by atoms with van der Waals surface area (Å²) in [5.41, 5.74) is 1.32. The number of rotatable bonds is 7. The maximum atomic E-state index is 12.8. The molecular weight excluding hydrogens is 414 g/mol. The smallest absolute Gasteiger partial charge is 0.280 e. The second-order valence-electron chi connectivity index (χ2n) is 7.05. The number of sulfone groups is 1. The van der Waals surface area contributed by atoms with Crippen LogP contribution in [0, 0.1) is 6.92 Å². The molecule has 8 nitrogen and oxygen atoms in total. The van der Waals surface area contributed by atoms with Gasteiger partial charge in [0, 0.05) is 17.4 Å². The van der Waals surface area contributed by atoms with Crippen molar-refractivity contribution in [3.63, 3.8) is 0 Å². The van der Waals surface area contributed by atoms with E-state index in [1.165, 1.54) is 23.5 Å². The standard InChI is InChI=1S/C19H21N3O5S2/c1-12-11-28-19(20-12)21-18(23)17(22-27-14-8-9-26-10-14)13-2-4-15(5-3-13)29(24,25)16-6-7-16/h2-5,11,14,16H,6-10H2,1H3,(H,20,21,23)/t14-/m1/s1. The number of oxime groups is 1. The summed E-state index contributed by atoms with van der Waals surface area (Å²) in [6.07, 6.45) is 1.88. The van der Waals surface area contributed by atoms with Gasteiger partial charge in [-0.05, 0) is 31.9 Å². The van der Waals surface area contributed by atoms with Crippen molar-refractivity contribution in [2.75, 3.05) is 18.5 Å². The largest absolute Gasteiger partial charge is 0.389 e. The lowest BCUT2D eigenvalue weighted by Crippen LogP contribution is -2.25. The molecule has 2 aromatic rings. The van der Waals surface area contributed by atoms with Crippen LogP contribution in [0.2, 0.25) is 0 Å². The molecule has 29 heavy (non-hydrogen) atoms. The van der Waals surface area contributed by atoms with Gasteiger partial charge in [-0.3, -0.25) is 10.1 Å². The Morgan fingerprint density at radius 2 is 2.03 bits per heavy atom. The van der Waals surface area contributed by atoms with Gasteiger partial charge in [0.25, 0.3) is 5.91 Å². The molecule has 1 aromatic carbocycles. The highest BCUT2D eigenvalue weighted by Crippen LogP contribution is 2.33. The average Bonchev–Trinajstić information content (AvgIpc) is 3.31. The second kappa shape index (κ2) is 8.21. The summed E-state index contributed by atoms with van der Waals surface area (Å²) in [7, 11) is -3.30. The zero-order chi connectivity index (χ0) is 20.4. The molecule has 2 heterocycles. The van der Waals surface area contributed by atoms with Gasteiger partial charge in [0.15, 0.2) is 26.8 Å². The van der Waals surface area contributed by atoms with Gasteiger partial charge in [-0.25, -0.2) is 13.4 Å². The Bertz CT molecular complexity index is 1020. The van der Waals surface area contributed by atoms with Crippen LogP contribution in [-0.2, 0) is 24.2 Å². The summed E-state index contributed by atoms with van der Waals surface area (Å²) in [6, 6.07) is 6.18. The normalized spacial score (nSPS) is 19.9. The third kappa shape index (κ3) is 4.65. The number of carbonyl (C=O) groups is 1. The molecule has 154 valence electrons. The number of nitrogens with zero attached hydrogens (tertiary/aromatic N) is 2. The van der Waals surface area contributed by atoms with Crippen molar-refractivity contribution < 1.29 is 22.8 Å². The Morgan fingerprint density at radius 1 is 1.28 bits per heavy atom. The molecule has 2 fully saturated rings. The first-order valence-electron chi connectivity index (χ1n) is 9.33. The molecular formula is C19H21N3O5S2. The van der Waals surface area contributed by atoms with E-state index in [-0.39, 0.29) is 22.0 Å². The van der Waals surface area contributed by atoms with Crippen LogP contribution in [0.4, 0.5) is 5.13 Å². The van der Waals surface area contributed by atoms with Crippen LogP contribution in [0.1, 0.15) is 30.5 Å². The predicted octanol–water partition coefficient (Wildman–Crippen LogP) is 2.54. The van der Waals surface area contributed by atoms with E-state index >= 15 is 0 Å². The Labute approximate surface area is 172 Å². The van der Waals surface area contributed by atoms with Crippen molar-refractivity contribution >= 4 is 37.9 Å². The van der Waals surface area contributed by atoms with Crippen molar-refractivity contribution in [2.45, 2.75) is 42.4 Å². The summed E-state index contributed by atoms with van der Waals surface area (Å²) in [4.78, 5) is 22.8. The molecule has 1 N–H and O–H groups in total. The van der Waals surface area contributed by atoms with Gasteiger partial charge in [0.05, 0.1) is 29.1 Å².